The lowest BCUT2D eigenvalue weighted by Gasteiger charge is -2.43. The summed E-state index contributed by atoms with van der Waals surface area (Å²) in [5.41, 5.74) is 5.82. The molecule has 124 valence electrons. The van der Waals surface area contributed by atoms with Crippen LogP contribution in [0.15, 0.2) is 0 Å². The number of amides is 1. The van der Waals surface area contributed by atoms with Crippen LogP contribution in [-0.2, 0) is 14.6 Å². The van der Waals surface area contributed by atoms with Crippen LogP contribution in [0.3, 0.4) is 0 Å². The Morgan fingerprint density at radius 1 is 1.24 bits per heavy atom. The van der Waals surface area contributed by atoms with Gasteiger partial charge in [0.15, 0.2) is 9.84 Å². The van der Waals surface area contributed by atoms with E-state index in [1.807, 2.05) is 6.92 Å². The van der Waals surface area contributed by atoms with Crippen molar-refractivity contribution in [2.45, 2.75) is 56.7 Å². The minimum Gasteiger partial charge on any atom is -0.340 e. The first-order chi connectivity index (χ1) is 9.07. The van der Waals surface area contributed by atoms with Gasteiger partial charge in [0.05, 0.1) is 16.4 Å². The molecule has 0 aromatic heterocycles. The van der Waals surface area contributed by atoms with Crippen molar-refractivity contribution >= 4 is 28.2 Å². The molecule has 1 aliphatic carbocycles. The molecule has 0 aromatic rings. The molecule has 7 heteroatoms. The fraction of sp³-hybridized carbons (Fsp3) is 0.929. The molecular weight excluding hydrogens is 312 g/mol. The molecule has 2 fully saturated rings. The Morgan fingerprint density at radius 2 is 1.86 bits per heavy atom. The topological polar surface area (TPSA) is 80.5 Å². The number of hydrogen-bond donors (Lipinski definition) is 1. The summed E-state index contributed by atoms with van der Waals surface area (Å²) >= 11 is 0. The van der Waals surface area contributed by atoms with Crippen molar-refractivity contribution in [2.24, 2.45) is 11.7 Å². The number of carbonyl (C=O) groups excluding carboxylic acids is 1. The molecule has 1 aliphatic heterocycles. The van der Waals surface area contributed by atoms with Gasteiger partial charge in [0.25, 0.3) is 0 Å². The van der Waals surface area contributed by atoms with Gasteiger partial charge in [-0.15, -0.1) is 12.4 Å². The molecule has 2 atom stereocenters. The number of sulfone groups is 1. The minimum atomic E-state index is -3.11. The van der Waals surface area contributed by atoms with E-state index in [0.717, 1.165) is 25.7 Å². The third kappa shape index (κ3) is 3.54. The number of rotatable bonds is 1. The highest BCUT2D eigenvalue weighted by molar-refractivity contribution is 7.92. The molecule has 0 radical (unpaired) electrons. The maximum Gasteiger partial charge on any atom is 0.227 e. The summed E-state index contributed by atoms with van der Waals surface area (Å²) in [4.78, 5) is 14.4. The number of nitrogens with zero attached hydrogens (tertiary/aromatic N) is 1. The van der Waals surface area contributed by atoms with E-state index < -0.39 is 20.1 Å². The van der Waals surface area contributed by atoms with E-state index in [9.17, 15) is 13.2 Å². The van der Waals surface area contributed by atoms with Crippen molar-refractivity contribution in [3.63, 3.8) is 0 Å². The lowest BCUT2D eigenvalue weighted by molar-refractivity contribution is -0.139. The predicted octanol–water partition coefficient (Wildman–Crippen LogP) is 1.35. The van der Waals surface area contributed by atoms with Crippen LogP contribution in [0.25, 0.3) is 0 Å². The van der Waals surface area contributed by atoms with Crippen LogP contribution in [0.2, 0.25) is 0 Å². The number of nitrogens with two attached hydrogens (primary N) is 1. The van der Waals surface area contributed by atoms with Crippen LogP contribution < -0.4 is 5.73 Å². The van der Waals surface area contributed by atoms with Gasteiger partial charge >= 0.3 is 0 Å². The zero-order chi connectivity index (χ0) is 15.2. The fourth-order valence-electron chi connectivity index (χ4n) is 3.32. The Bertz CT molecular complexity index is 502. The van der Waals surface area contributed by atoms with Gasteiger partial charge in [-0.25, -0.2) is 8.42 Å². The molecule has 21 heavy (non-hydrogen) atoms. The summed E-state index contributed by atoms with van der Waals surface area (Å²) in [5, 5.41) is 0. The van der Waals surface area contributed by atoms with Crippen molar-refractivity contribution in [1.82, 2.24) is 4.90 Å². The molecule has 1 heterocycles. The first-order valence-electron chi connectivity index (χ1n) is 7.37. The second kappa shape index (κ2) is 6.05. The standard InChI is InChI=1S/C14H26N2O3S.ClH/c1-13(2)10-16(8-9-20(13,18)19)12(17)11-6-4-5-7-14(11,3)15;/h11H,4-10,15H2,1-3H3;1H. The van der Waals surface area contributed by atoms with Crippen molar-refractivity contribution in [1.29, 1.82) is 0 Å². The van der Waals surface area contributed by atoms with Crippen molar-refractivity contribution in [2.75, 3.05) is 18.8 Å². The molecular formula is C14H27ClN2O3S. The maximum atomic E-state index is 12.7. The van der Waals surface area contributed by atoms with E-state index in [4.69, 9.17) is 5.73 Å². The molecule has 2 N–H and O–H groups in total. The third-order valence-corrected chi connectivity index (χ3v) is 7.44. The Hall–Kier alpha value is -0.330. The zero-order valence-electron chi connectivity index (χ0n) is 13.1. The molecule has 0 bridgehead atoms. The number of carbonyl (C=O) groups is 1. The molecule has 2 unspecified atom stereocenters. The van der Waals surface area contributed by atoms with E-state index in [0.29, 0.717) is 6.54 Å². The fourth-order valence-corrected chi connectivity index (χ4v) is 4.68. The molecule has 2 aliphatic rings. The lowest BCUT2D eigenvalue weighted by Crippen LogP contribution is -2.59. The maximum absolute atomic E-state index is 12.7. The highest BCUT2D eigenvalue weighted by Crippen LogP contribution is 2.34. The average molecular weight is 339 g/mol. The van der Waals surface area contributed by atoms with E-state index in [2.05, 4.69) is 0 Å². The SMILES string of the molecule is CC1(N)CCCCC1C(=O)N1CCS(=O)(=O)C(C)(C)C1.Cl. The molecule has 2 rings (SSSR count). The summed E-state index contributed by atoms with van der Waals surface area (Å²) < 4.78 is 23.2. The quantitative estimate of drug-likeness (QED) is 0.782. The van der Waals surface area contributed by atoms with Crippen LogP contribution >= 0.6 is 12.4 Å². The van der Waals surface area contributed by atoms with E-state index in [1.54, 1.807) is 18.7 Å². The summed E-state index contributed by atoms with van der Waals surface area (Å²) in [5.74, 6) is -0.0785. The van der Waals surface area contributed by atoms with Gasteiger partial charge in [-0.2, -0.15) is 0 Å². The average Bonchev–Trinajstić information content (AvgIpc) is 2.31. The highest BCUT2D eigenvalue weighted by Gasteiger charge is 2.45. The monoisotopic (exact) mass is 338 g/mol. The first kappa shape index (κ1) is 18.7. The van der Waals surface area contributed by atoms with Crippen molar-refractivity contribution in [3.8, 4) is 0 Å². The zero-order valence-corrected chi connectivity index (χ0v) is 14.7. The Balaban J connectivity index is 0.00000220. The number of hydrogen-bond acceptors (Lipinski definition) is 4. The number of halogens is 1. The van der Waals surface area contributed by atoms with Gasteiger partial charge in [-0.1, -0.05) is 12.8 Å². The summed E-state index contributed by atoms with van der Waals surface area (Å²) in [6.45, 7) is 5.92. The largest absolute Gasteiger partial charge is 0.340 e. The Kier molecular flexibility index (Phi) is 5.39. The van der Waals surface area contributed by atoms with E-state index >= 15 is 0 Å². The first-order valence-corrected chi connectivity index (χ1v) is 9.02. The predicted molar refractivity (Wildman–Crippen MR) is 86.2 cm³/mol. The summed E-state index contributed by atoms with van der Waals surface area (Å²) in [7, 11) is -3.11. The van der Waals surface area contributed by atoms with Gasteiger partial charge in [-0.3, -0.25) is 4.79 Å². The molecule has 5 nitrogen and oxygen atoms in total. The normalized spacial score (nSPS) is 34.9. The summed E-state index contributed by atoms with van der Waals surface area (Å²) in [6.07, 6.45) is 3.77. The highest BCUT2D eigenvalue weighted by atomic mass is 35.5. The molecule has 0 spiro atoms. The Labute approximate surface area is 134 Å². The smallest absolute Gasteiger partial charge is 0.227 e. The minimum absolute atomic E-state index is 0. The molecule has 1 saturated carbocycles. The summed E-state index contributed by atoms with van der Waals surface area (Å²) in [6, 6.07) is 0. The second-order valence-corrected chi connectivity index (χ2v) is 9.89. The van der Waals surface area contributed by atoms with E-state index in [-0.39, 0.29) is 36.5 Å². The van der Waals surface area contributed by atoms with Gasteiger partial charge in [0.2, 0.25) is 5.91 Å². The van der Waals surface area contributed by atoms with Crippen LogP contribution in [0.5, 0.6) is 0 Å². The van der Waals surface area contributed by atoms with Crippen LogP contribution in [0.1, 0.15) is 46.5 Å². The van der Waals surface area contributed by atoms with Crippen molar-refractivity contribution in [3.05, 3.63) is 0 Å². The van der Waals surface area contributed by atoms with Gasteiger partial charge in [-0.05, 0) is 33.6 Å². The Morgan fingerprint density at radius 3 is 2.38 bits per heavy atom. The van der Waals surface area contributed by atoms with Gasteiger partial charge in [0, 0.05) is 18.6 Å². The third-order valence-electron chi connectivity index (χ3n) is 4.91. The van der Waals surface area contributed by atoms with Crippen molar-refractivity contribution < 1.29 is 13.2 Å². The van der Waals surface area contributed by atoms with E-state index in [1.165, 1.54) is 0 Å². The second-order valence-electron chi connectivity index (χ2n) is 7.14. The molecule has 1 saturated heterocycles. The van der Waals surface area contributed by atoms with Crippen LogP contribution in [0, 0.1) is 5.92 Å². The molecule has 1 amide bonds. The van der Waals surface area contributed by atoms with Gasteiger partial charge < -0.3 is 10.6 Å². The molecule has 0 aromatic carbocycles. The van der Waals surface area contributed by atoms with Crippen LogP contribution in [0.4, 0.5) is 0 Å². The van der Waals surface area contributed by atoms with Gasteiger partial charge in [0.1, 0.15) is 0 Å². The van der Waals surface area contributed by atoms with Crippen LogP contribution in [-0.4, -0.2) is 48.4 Å². The lowest BCUT2D eigenvalue weighted by atomic mass is 9.74.